The molecular weight excluding hydrogens is 274 g/mol. The quantitative estimate of drug-likeness (QED) is 0.943. The van der Waals surface area contributed by atoms with Crippen LogP contribution in [0, 0.1) is 0 Å². The number of hydrogen-bond acceptors (Lipinski definition) is 2. The smallest absolute Gasteiger partial charge is 0.251 e. The van der Waals surface area contributed by atoms with Crippen LogP contribution in [0.1, 0.15) is 44.3 Å². The molecule has 3 heteroatoms. The normalized spacial score (nSPS) is 12.8. The number of allylic oxidation sites excluding steroid dienone is 1. The standard InChI is InChI=1S/C19H17NO2/c1-3-12-8-9-14(17(10-12)19(22)20-2)16-11-18(21)15-7-5-4-6-13(15)16/h4-11H,3H2,1-2H3,(H,20,22). The number of ketones is 1. The first-order valence-corrected chi connectivity index (χ1v) is 7.36. The SMILES string of the molecule is CCc1ccc(C2=CC(=O)c3ccccc32)c(C(=O)NC)c1. The van der Waals surface area contributed by atoms with Crippen LogP contribution in [0.4, 0.5) is 0 Å². The van der Waals surface area contributed by atoms with Crippen molar-refractivity contribution in [1.29, 1.82) is 0 Å². The summed E-state index contributed by atoms with van der Waals surface area (Å²) in [6.07, 6.45) is 2.48. The molecule has 0 fully saturated rings. The molecule has 0 radical (unpaired) electrons. The molecule has 3 nitrogen and oxygen atoms in total. The van der Waals surface area contributed by atoms with Gasteiger partial charge in [-0.1, -0.05) is 43.3 Å². The Balaban J connectivity index is 2.19. The van der Waals surface area contributed by atoms with Crippen molar-refractivity contribution < 1.29 is 9.59 Å². The number of carbonyl (C=O) groups excluding carboxylic acids is 2. The predicted molar refractivity (Wildman–Crippen MR) is 87.1 cm³/mol. The van der Waals surface area contributed by atoms with E-state index in [2.05, 4.69) is 12.2 Å². The summed E-state index contributed by atoms with van der Waals surface area (Å²) < 4.78 is 0. The molecule has 2 aromatic rings. The second-order valence-electron chi connectivity index (χ2n) is 5.28. The van der Waals surface area contributed by atoms with Gasteiger partial charge < -0.3 is 5.32 Å². The largest absolute Gasteiger partial charge is 0.355 e. The minimum atomic E-state index is -0.136. The van der Waals surface area contributed by atoms with Crippen LogP contribution in [0.5, 0.6) is 0 Å². The van der Waals surface area contributed by atoms with Gasteiger partial charge in [0.05, 0.1) is 0 Å². The number of fused-ring (bicyclic) bond motifs is 1. The van der Waals surface area contributed by atoms with Crippen molar-refractivity contribution >= 4 is 17.3 Å². The first-order chi connectivity index (χ1) is 10.7. The molecule has 110 valence electrons. The van der Waals surface area contributed by atoms with Gasteiger partial charge in [0.25, 0.3) is 5.91 Å². The van der Waals surface area contributed by atoms with E-state index in [0.717, 1.165) is 28.7 Å². The highest BCUT2D eigenvalue weighted by molar-refractivity contribution is 6.20. The molecule has 0 atom stereocenters. The summed E-state index contributed by atoms with van der Waals surface area (Å²) >= 11 is 0. The summed E-state index contributed by atoms with van der Waals surface area (Å²) in [6.45, 7) is 2.05. The Bertz CT molecular complexity index is 803. The van der Waals surface area contributed by atoms with E-state index in [1.54, 1.807) is 13.1 Å². The lowest BCUT2D eigenvalue weighted by Gasteiger charge is -2.12. The van der Waals surface area contributed by atoms with Gasteiger partial charge in [0.2, 0.25) is 0 Å². The van der Waals surface area contributed by atoms with Crippen LogP contribution < -0.4 is 5.32 Å². The van der Waals surface area contributed by atoms with Gasteiger partial charge in [-0.25, -0.2) is 0 Å². The number of aryl methyl sites for hydroxylation is 1. The van der Waals surface area contributed by atoms with Crippen LogP contribution in [0.15, 0.2) is 48.5 Å². The van der Waals surface area contributed by atoms with Crippen molar-refractivity contribution in [2.24, 2.45) is 0 Å². The first kappa shape index (κ1) is 14.3. The van der Waals surface area contributed by atoms with E-state index < -0.39 is 0 Å². The highest BCUT2D eigenvalue weighted by Gasteiger charge is 2.24. The number of carbonyl (C=O) groups is 2. The van der Waals surface area contributed by atoms with Gasteiger partial charge in [-0.3, -0.25) is 9.59 Å². The van der Waals surface area contributed by atoms with E-state index in [-0.39, 0.29) is 11.7 Å². The Hall–Kier alpha value is -2.68. The van der Waals surface area contributed by atoms with E-state index in [0.29, 0.717) is 11.1 Å². The minimum absolute atomic E-state index is 0.00646. The summed E-state index contributed by atoms with van der Waals surface area (Å²) in [6, 6.07) is 13.4. The van der Waals surface area contributed by atoms with Crippen LogP contribution in [-0.4, -0.2) is 18.7 Å². The van der Waals surface area contributed by atoms with Crippen molar-refractivity contribution in [1.82, 2.24) is 5.32 Å². The van der Waals surface area contributed by atoms with E-state index in [1.807, 2.05) is 42.5 Å². The van der Waals surface area contributed by atoms with Gasteiger partial charge in [0, 0.05) is 18.2 Å². The zero-order valence-corrected chi connectivity index (χ0v) is 12.6. The third-order valence-corrected chi connectivity index (χ3v) is 4.01. The summed E-state index contributed by atoms with van der Waals surface area (Å²) in [5.41, 5.74) is 4.91. The Morgan fingerprint density at radius 3 is 2.45 bits per heavy atom. The molecule has 0 heterocycles. The summed E-state index contributed by atoms with van der Waals surface area (Å²) in [5.74, 6) is -0.143. The first-order valence-electron chi connectivity index (χ1n) is 7.36. The van der Waals surface area contributed by atoms with Crippen LogP contribution in [0.3, 0.4) is 0 Å². The van der Waals surface area contributed by atoms with Crippen LogP contribution in [0.2, 0.25) is 0 Å². The summed E-state index contributed by atoms with van der Waals surface area (Å²) in [7, 11) is 1.62. The average Bonchev–Trinajstić information content (AvgIpc) is 2.91. The predicted octanol–water partition coefficient (Wildman–Crippen LogP) is 3.24. The fourth-order valence-electron chi connectivity index (χ4n) is 2.81. The van der Waals surface area contributed by atoms with E-state index >= 15 is 0 Å². The van der Waals surface area contributed by atoms with Crippen molar-refractivity contribution in [2.75, 3.05) is 7.05 Å². The lowest BCUT2D eigenvalue weighted by molar-refractivity contribution is 0.0962. The van der Waals surface area contributed by atoms with Gasteiger partial charge in [-0.15, -0.1) is 0 Å². The lowest BCUT2D eigenvalue weighted by atomic mass is 9.93. The molecule has 1 amide bonds. The van der Waals surface area contributed by atoms with E-state index in [4.69, 9.17) is 0 Å². The third-order valence-electron chi connectivity index (χ3n) is 4.01. The van der Waals surface area contributed by atoms with Crippen LogP contribution in [0.25, 0.3) is 5.57 Å². The van der Waals surface area contributed by atoms with Crippen molar-refractivity contribution in [3.63, 3.8) is 0 Å². The summed E-state index contributed by atoms with van der Waals surface area (Å²) in [4.78, 5) is 24.4. The molecule has 3 rings (SSSR count). The second-order valence-corrected chi connectivity index (χ2v) is 5.28. The van der Waals surface area contributed by atoms with Gasteiger partial charge in [0.1, 0.15) is 0 Å². The molecule has 0 spiro atoms. The summed E-state index contributed by atoms with van der Waals surface area (Å²) in [5, 5.41) is 2.68. The zero-order valence-electron chi connectivity index (χ0n) is 12.6. The van der Waals surface area contributed by atoms with Gasteiger partial charge in [-0.2, -0.15) is 0 Å². The Labute approximate surface area is 129 Å². The number of nitrogens with one attached hydrogen (secondary N) is 1. The monoisotopic (exact) mass is 291 g/mol. The van der Waals surface area contributed by atoms with E-state index in [1.165, 1.54) is 0 Å². The molecule has 22 heavy (non-hydrogen) atoms. The van der Waals surface area contributed by atoms with E-state index in [9.17, 15) is 9.59 Å². The fraction of sp³-hybridized carbons (Fsp3) is 0.158. The maximum Gasteiger partial charge on any atom is 0.251 e. The molecule has 0 aliphatic heterocycles. The van der Waals surface area contributed by atoms with Crippen LogP contribution in [-0.2, 0) is 6.42 Å². The fourth-order valence-corrected chi connectivity index (χ4v) is 2.81. The average molecular weight is 291 g/mol. The molecule has 2 aromatic carbocycles. The van der Waals surface area contributed by atoms with Crippen LogP contribution >= 0.6 is 0 Å². The molecular formula is C19H17NO2. The molecule has 1 aliphatic carbocycles. The minimum Gasteiger partial charge on any atom is -0.355 e. The van der Waals surface area contributed by atoms with Crippen molar-refractivity contribution in [3.05, 3.63) is 76.4 Å². The Kier molecular flexibility index (Phi) is 3.63. The van der Waals surface area contributed by atoms with Gasteiger partial charge >= 0.3 is 0 Å². The molecule has 0 bridgehead atoms. The highest BCUT2D eigenvalue weighted by atomic mass is 16.1. The Morgan fingerprint density at radius 1 is 1.05 bits per heavy atom. The topological polar surface area (TPSA) is 46.2 Å². The number of hydrogen-bond donors (Lipinski definition) is 1. The molecule has 0 saturated heterocycles. The second kappa shape index (κ2) is 5.60. The zero-order chi connectivity index (χ0) is 15.7. The molecule has 1 N–H and O–H groups in total. The molecule has 0 saturated carbocycles. The van der Waals surface area contributed by atoms with Crippen molar-refractivity contribution in [2.45, 2.75) is 13.3 Å². The number of rotatable bonds is 3. The van der Waals surface area contributed by atoms with Gasteiger partial charge in [-0.05, 0) is 40.8 Å². The Morgan fingerprint density at radius 2 is 1.77 bits per heavy atom. The number of amides is 1. The highest BCUT2D eigenvalue weighted by Crippen LogP contribution is 2.34. The lowest BCUT2D eigenvalue weighted by Crippen LogP contribution is -2.19. The van der Waals surface area contributed by atoms with Gasteiger partial charge in [0.15, 0.2) is 5.78 Å². The molecule has 0 unspecified atom stereocenters. The maximum atomic E-state index is 12.2. The number of benzene rings is 2. The molecule has 1 aliphatic rings. The van der Waals surface area contributed by atoms with Crippen molar-refractivity contribution in [3.8, 4) is 0 Å². The molecule has 0 aromatic heterocycles. The third kappa shape index (κ3) is 2.25. The maximum absolute atomic E-state index is 12.2.